The second-order valence-electron chi connectivity index (χ2n) is 7.03. The van der Waals surface area contributed by atoms with Gasteiger partial charge >= 0.3 is 0 Å². The van der Waals surface area contributed by atoms with Crippen LogP contribution in [0.25, 0.3) is 0 Å². The number of carbonyl (C=O) groups is 1. The van der Waals surface area contributed by atoms with Crippen molar-refractivity contribution in [3.05, 3.63) is 63.6 Å². The van der Waals surface area contributed by atoms with Gasteiger partial charge in [-0.1, -0.05) is 35.3 Å². The third-order valence-electron chi connectivity index (χ3n) is 4.99. The number of hydrogen-bond acceptors (Lipinski definition) is 4. The van der Waals surface area contributed by atoms with Crippen LogP contribution < -0.4 is 5.32 Å². The molecule has 6 nitrogen and oxygen atoms in total. The lowest BCUT2D eigenvalue weighted by Gasteiger charge is -2.33. The summed E-state index contributed by atoms with van der Waals surface area (Å²) in [5.41, 5.74) is -0.0682. The summed E-state index contributed by atoms with van der Waals surface area (Å²) >= 11 is 12.0. The van der Waals surface area contributed by atoms with E-state index in [-0.39, 0.29) is 59.0 Å². The van der Waals surface area contributed by atoms with E-state index in [1.54, 1.807) is 0 Å². The van der Waals surface area contributed by atoms with E-state index in [4.69, 9.17) is 23.2 Å². The molecule has 11 heteroatoms. The third kappa shape index (κ3) is 5.72. The molecule has 1 aliphatic heterocycles. The van der Waals surface area contributed by atoms with Gasteiger partial charge in [0, 0.05) is 38.3 Å². The molecule has 0 aliphatic carbocycles. The molecule has 1 amide bonds. The second-order valence-corrected chi connectivity index (χ2v) is 9.72. The van der Waals surface area contributed by atoms with E-state index >= 15 is 0 Å². The van der Waals surface area contributed by atoms with Crippen molar-refractivity contribution in [3.8, 4) is 0 Å². The van der Waals surface area contributed by atoms with Crippen molar-refractivity contribution in [2.24, 2.45) is 0 Å². The largest absolute Gasteiger partial charge is 0.355 e. The van der Waals surface area contributed by atoms with Gasteiger partial charge in [-0.15, -0.1) is 0 Å². The molecule has 1 N–H and O–H groups in total. The molecule has 2 aromatic rings. The molecule has 168 valence electrons. The molecule has 0 atom stereocenters. The number of benzene rings is 2. The van der Waals surface area contributed by atoms with Crippen LogP contribution in [-0.2, 0) is 21.2 Å². The quantitative estimate of drug-likeness (QED) is 0.646. The first-order valence-electron chi connectivity index (χ1n) is 9.56. The SMILES string of the molecule is O=C(CN1CCN(S(=O)(=O)c2cccc(Cl)c2Cl)CC1)NCCc1c(F)cccc1F. The van der Waals surface area contributed by atoms with Crippen molar-refractivity contribution in [2.75, 3.05) is 39.3 Å². The fourth-order valence-electron chi connectivity index (χ4n) is 3.31. The Balaban J connectivity index is 1.48. The zero-order valence-corrected chi connectivity index (χ0v) is 18.8. The van der Waals surface area contributed by atoms with E-state index in [9.17, 15) is 22.0 Å². The lowest BCUT2D eigenvalue weighted by molar-refractivity contribution is -0.122. The van der Waals surface area contributed by atoms with Crippen molar-refractivity contribution in [1.29, 1.82) is 0 Å². The molecule has 0 bridgehead atoms. The first-order valence-corrected chi connectivity index (χ1v) is 11.8. The monoisotopic (exact) mass is 491 g/mol. The Morgan fingerprint density at radius 3 is 2.26 bits per heavy atom. The summed E-state index contributed by atoms with van der Waals surface area (Å²) < 4.78 is 54.2. The molecule has 3 rings (SSSR count). The highest BCUT2D eigenvalue weighted by Crippen LogP contribution is 2.31. The first kappa shape index (κ1) is 23.9. The third-order valence-corrected chi connectivity index (χ3v) is 7.86. The molecule has 0 aromatic heterocycles. The van der Waals surface area contributed by atoms with Gasteiger partial charge in [-0.3, -0.25) is 9.69 Å². The Kier molecular flexibility index (Phi) is 7.87. The average Bonchev–Trinajstić information content (AvgIpc) is 2.72. The topological polar surface area (TPSA) is 69.7 Å². The molecular weight excluding hydrogens is 471 g/mol. The summed E-state index contributed by atoms with van der Waals surface area (Å²) in [7, 11) is -3.80. The Hall–Kier alpha value is -1.78. The number of rotatable bonds is 7. The van der Waals surface area contributed by atoms with Gasteiger partial charge in [-0.25, -0.2) is 17.2 Å². The van der Waals surface area contributed by atoms with Crippen LogP contribution in [-0.4, -0.2) is 62.8 Å². The van der Waals surface area contributed by atoms with Crippen LogP contribution in [0.3, 0.4) is 0 Å². The first-order chi connectivity index (χ1) is 14.7. The van der Waals surface area contributed by atoms with E-state index in [1.807, 2.05) is 4.90 Å². The molecule has 0 saturated carbocycles. The number of amides is 1. The van der Waals surface area contributed by atoms with Gasteiger partial charge < -0.3 is 5.32 Å². The van der Waals surface area contributed by atoms with Crippen LogP contribution in [0.2, 0.25) is 10.0 Å². The lowest BCUT2D eigenvalue weighted by atomic mass is 10.1. The second kappa shape index (κ2) is 10.2. The molecule has 0 unspecified atom stereocenters. The number of halogens is 4. The van der Waals surface area contributed by atoms with E-state index in [2.05, 4.69) is 5.32 Å². The van der Waals surface area contributed by atoms with Crippen LogP contribution in [0.4, 0.5) is 8.78 Å². The van der Waals surface area contributed by atoms with Gasteiger partial charge in [0.2, 0.25) is 15.9 Å². The van der Waals surface area contributed by atoms with Crippen LogP contribution in [0.5, 0.6) is 0 Å². The highest BCUT2D eigenvalue weighted by molar-refractivity contribution is 7.89. The fourth-order valence-corrected chi connectivity index (χ4v) is 5.47. The van der Waals surface area contributed by atoms with Gasteiger partial charge in [0.05, 0.1) is 16.6 Å². The van der Waals surface area contributed by atoms with Gasteiger partial charge in [0.25, 0.3) is 0 Å². The smallest absolute Gasteiger partial charge is 0.244 e. The van der Waals surface area contributed by atoms with Crippen molar-refractivity contribution < 1.29 is 22.0 Å². The highest BCUT2D eigenvalue weighted by atomic mass is 35.5. The van der Waals surface area contributed by atoms with Crippen LogP contribution in [0.15, 0.2) is 41.3 Å². The number of carbonyl (C=O) groups excluding carboxylic acids is 1. The maximum absolute atomic E-state index is 13.6. The summed E-state index contributed by atoms with van der Waals surface area (Å²) in [5.74, 6) is -1.59. The zero-order chi connectivity index (χ0) is 22.6. The summed E-state index contributed by atoms with van der Waals surface area (Å²) in [6.07, 6.45) is 0.0384. The van der Waals surface area contributed by atoms with Crippen molar-refractivity contribution in [1.82, 2.24) is 14.5 Å². The maximum Gasteiger partial charge on any atom is 0.244 e. The summed E-state index contributed by atoms with van der Waals surface area (Å²) in [4.78, 5) is 13.9. The van der Waals surface area contributed by atoms with Gasteiger partial charge in [0.1, 0.15) is 16.5 Å². The van der Waals surface area contributed by atoms with Gasteiger partial charge in [-0.05, 0) is 30.7 Å². The Labute approximate surface area is 189 Å². The Morgan fingerprint density at radius 2 is 1.61 bits per heavy atom. The summed E-state index contributed by atoms with van der Waals surface area (Å²) in [6.45, 7) is 1.25. The molecule has 0 radical (unpaired) electrons. The normalized spacial score (nSPS) is 15.7. The van der Waals surface area contributed by atoms with E-state index in [0.717, 1.165) is 0 Å². The summed E-state index contributed by atoms with van der Waals surface area (Å²) in [5, 5.41) is 2.78. The Bertz CT molecular complexity index is 1040. The average molecular weight is 492 g/mol. The predicted molar refractivity (Wildman–Crippen MR) is 115 cm³/mol. The van der Waals surface area contributed by atoms with Crippen LogP contribution >= 0.6 is 23.2 Å². The minimum Gasteiger partial charge on any atom is -0.355 e. The fraction of sp³-hybridized carbons (Fsp3) is 0.350. The van der Waals surface area contributed by atoms with E-state index < -0.39 is 21.7 Å². The molecule has 1 saturated heterocycles. The van der Waals surface area contributed by atoms with Crippen LogP contribution in [0.1, 0.15) is 5.56 Å². The maximum atomic E-state index is 13.6. The standard InChI is InChI=1S/C20H21Cl2F2N3O3S/c21-15-3-1-6-18(20(15)22)31(29,30)27-11-9-26(10-12-27)13-19(28)25-8-7-14-16(23)4-2-5-17(14)24/h1-6H,7-13H2,(H,25,28). The van der Waals surface area contributed by atoms with Gasteiger partial charge in [0.15, 0.2) is 0 Å². The summed E-state index contributed by atoms with van der Waals surface area (Å²) in [6, 6.07) is 8.07. The lowest BCUT2D eigenvalue weighted by Crippen LogP contribution is -2.51. The Morgan fingerprint density at radius 1 is 1.00 bits per heavy atom. The number of piperazine rings is 1. The predicted octanol–water partition coefficient (Wildman–Crippen LogP) is 2.94. The molecule has 1 fully saturated rings. The minimum atomic E-state index is -3.80. The van der Waals surface area contributed by atoms with Crippen molar-refractivity contribution in [2.45, 2.75) is 11.3 Å². The number of nitrogens with one attached hydrogen (secondary N) is 1. The van der Waals surface area contributed by atoms with E-state index in [0.29, 0.717) is 13.1 Å². The van der Waals surface area contributed by atoms with Gasteiger partial charge in [-0.2, -0.15) is 4.31 Å². The number of sulfonamides is 1. The molecular formula is C20H21Cl2F2N3O3S. The molecule has 1 aliphatic rings. The van der Waals surface area contributed by atoms with Crippen LogP contribution in [0, 0.1) is 11.6 Å². The molecule has 31 heavy (non-hydrogen) atoms. The van der Waals surface area contributed by atoms with Crippen molar-refractivity contribution >= 4 is 39.1 Å². The van der Waals surface area contributed by atoms with Crippen molar-refractivity contribution in [3.63, 3.8) is 0 Å². The molecule has 0 spiro atoms. The number of hydrogen-bond donors (Lipinski definition) is 1. The molecule has 1 heterocycles. The zero-order valence-electron chi connectivity index (χ0n) is 16.5. The minimum absolute atomic E-state index is 0.0164. The molecule has 2 aromatic carbocycles. The highest BCUT2D eigenvalue weighted by Gasteiger charge is 2.31. The van der Waals surface area contributed by atoms with E-state index in [1.165, 1.54) is 40.7 Å². The number of nitrogens with zero attached hydrogens (tertiary/aromatic N) is 2.